The van der Waals surface area contributed by atoms with E-state index in [2.05, 4.69) is 10.3 Å². The zero-order valence-electron chi connectivity index (χ0n) is 15.3. The number of piperidine rings is 1. The molecular weight excluding hydrogens is 370 g/mol. The normalized spacial score (nSPS) is 15.5. The summed E-state index contributed by atoms with van der Waals surface area (Å²) in [5.41, 5.74) is 5.30. The molecule has 7 nitrogen and oxygen atoms in total. The molecule has 0 bridgehead atoms. The standard InChI is InChI=1S/C19H22F2N4O3/c20-12-1-2-14(15(21)9-12)16-10-23-19(28-16)4-3-18(27)24-13-5-7-25(8-6-13)11-17(22)26/h1-2,9-10,13H,3-8,11H2,(H2,22,26)(H,24,27). The second-order valence-electron chi connectivity index (χ2n) is 6.83. The molecule has 2 amide bonds. The van der Waals surface area contributed by atoms with E-state index in [1.54, 1.807) is 0 Å². The number of nitrogens with two attached hydrogens (primary N) is 1. The molecule has 1 fully saturated rings. The van der Waals surface area contributed by atoms with Crippen LogP contribution < -0.4 is 11.1 Å². The second-order valence-corrected chi connectivity index (χ2v) is 6.83. The summed E-state index contributed by atoms with van der Waals surface area (Å²) in [6.07, 6.45) is 3.33. The topological polar surface area (TPSA) is 101 Å². The first kappa shape index (κ1) is 19.9. The highest BCUT2D eigenvalue weighted by molar-refractivity contribution is 5.76. The van der Waals surface area contributed by atoms with Crippen LogP contribution >= 0.6 is 0 Å². The van der Waals surface area contributed by atoms with Gasteiger partial charge in [-0.3, -0.25) is 14.5 Å². The van der Waals surface area contributed by atoms with Crippen molar-refractivity contribution in [2.75, 3.05) is 19.6 Å². The van der Waals surface area contributed by atoms with Crippen molar-refractivity contribution in [3.8, 4) is 11.3 Å². The quantitative estimate of drug-likeness (QED) is 0.746. The summed E-state index contributed by atoms with van der Waals surface area (Å²) in [5.74, 6) is -1.38. The number of nitrogens with one attached hydrogen (secondary N) is 1. The summed E-state index contributed by atoms with van der Waals surface area (Å²) in [5, 5.41) is 2.96. The SMILES string of the molecule is NC(=O)CN1CCC(NC(=O)CCc2ncc(-c3ccc(F)cc3F)o2)CC1. The third-order valence-electron chi connectivity index (χ3n) is 4.65. The Balaban J connectivity index is 1.45. The van der Waals surface area contributed by atoms with Gasteiger partial charge in [-0.05, 0) is 25.0 Å². The summed E-state index contributed by atoms with van der Waals surface area (Å²) in [7, 11) is 0. The Morgan fingerprint density at radius 1 is 1.29 bits per heavy atom. The summed E-state index contributed by atoms with van der Waals surface area (Å²) < 4.78 is 32.3. The van der Waals surface area contributed by atoms with Gasteiger partial charge in [0.1, 0.15) is 11.6 Å². The third kappa shape index (κ3) is 5.35. The van der Waals surface area contributed by atoms with Crippen molar-refractivity contribution in [3.05, 3.63) is 41.9 Å². The molecule has 0 unspecified atom stereocenters. The number of benzene rings is 1. The number of oxazole rings is 1. The van der Waals surface area contributed by atoms with Gasteiger partial charge in [0.25, 0.3) is 0 Å². The Morgan fingerprint density at radius 3 is 2.71 bits per heavy atom. The molecule has 150 valence electrons. The first-order valence-corrected chi connectivity index (χ1v) is 9.11. The molecule has 0 spiro atoms. The lowest BCUT2D eigenvalue weighted by Crippen LogP contribution is -2.46. The maximum atomic E-state index is 13.8. The van der Waals surface area contributed by atoms with Gasteiger partial charge in [0.15, 0.2) is 11.7 Å². The lowest BCUT2D eigenvalue weighted by Gasteiger charge is -2.31. The van der Waals surface area contributed by atoms with E-state index in [1.165, 1.54) is 12.3 Å². The lowest BCUT2D eigenvalue weighted by molar-refractivity contribution is -0.123. The number of nitrogens with zero attached hydrogens (tertiary/aromatic N) is 2. The minimum atomic E-state index is -0.733. The van der Waals surface area contributed by atoms with Crippen molar-refractivity contribution in [1.82, 2.24) is 15.2 Å². The maximum Gasteiger partial charge on any atom is 0.231 e. The smallest absolute Gasteiger partial charge is 0.231 e. The van der Waals surface area contributed by atoms with Crippen LogP contribution in [0.2, 0.25) is 0 Å². The maximum absolute atomic E-state index is 13.8. The molecule has 28 heavy (non-hydrogen) atoms. The van der Waals surface area contributed by atoms with Crippen LogP contribution in [-0.4, -0.2) is 47.4 Å². The number of halogens is 2. The molecule has 1 aliphatic heterocycles. The van der Waals surface area contributed by atoms with Gasteiger partial charge in [0.2, 0.25) is 11.8 Å². The molecular formula is C19H22F2N4O3. The van der Waals surface area contributed by atoms with Crippen molar-refractivity contribution in [3.63, 3.8) is 0 Å². The van der Waals surface area contributed by atoms with Gasteiger partial charge < -0.3 is 15.5 Å². The zero-order valence-corrected chi connectivity index (χ0v) is 15.3. The molecule has 3 rings (SSSR count). The molecule has 1 saturated heterocycles. The Hall–Kier alpha value is -2.81. The molecule has 0 radical (unpaired) electrons. The van der Waals surface area contributed by atoms with Crippen LogP contribution in [0, 0.1) is 11.6 Å². The highest BCUT2D eigenvalue weighted by Crippen LogP contribution is 2.24. The van der Waals surface area contributed by atoms with E-state index in [0.29, 0.717) is 19.0 Å². The fourth-order valence-corrected chi connectivity index (χ4v) is 3.22. The molecule has 1 aromatic heterocycles. The van der Waals surface area contributed by atoms with Crippen LogP contribution in [0.3, 0.4) is 0 Å². The number of likely N-dealkylation sites (tertiary alicyclic amines) is 1. The Morgan fingerprint density at radius 2 is 2.04 bits per heavy atom. The van der Waals surface area contributed by atoms with Gasteiger partial charge in [-0.15, -0.1) is 0 Å². The number of primary amides is 1. The van der Waals surface area contributed by atoms with Crippen LogP contribution in [-0.2, 0) is 16.0 Å². The molecule has 2 aromatic rings. The average Bonchev–Trinajstić information content (AvgIpc) is 3.10. The minimum absolute atomic E-state index is 0.0602. The van der Waals surface area contributed by atoms with Gasteiger partial charge in [-0.2, -0.15) is 0 Å². The highest BCUT2D eigenvalue weighted by atomic mass is 19.1. The van der Waals surface area contributed by atoms with Crippen LogP contribution in [0.15, 0.2) is 28.8 Å². The molecule has 1 aliphatic rings. The number of hydrogen-bond acceptors (Lipinski definition) is 5. The molecule has 1 aromatic carbocycles. The predicted molar refractivity (Wildman–Crippen MR) is 97.0 cm³/mol. The van der Waals surface area contributed by atoms with Gasteiger partial charge >= 0.3 is 0 Å². The predicted octanol–water partition coefficient (Wildman–Crippen LogP) is 1.62. The van der Waals surface area contributed by atoms with E-state index in [4.69, 9.17) is 10.2 Å². The summed E-state index contributed by atoms with van der Waals surface area (Å²) in [6.45, 7) is 1.66. The van der Waals surface area contributed by atoms with E-state index in [0.717, 1.165) is 25.0 Å². The number of hydrogen-bond donors (Lipinski definition) is 2. The van der Waals surface area contributed by atoms with E-state index < -0.39 is 11.6 Å². The third-order valence-corrected chi connectivity index (χ3v) is 4.65. The van der Waals surface area contributed by atoms with Gasteiger partial charge in [-0.25, -0.2) is 13.8 Å². The van der Waals surface area contributed by atoms with Crippen molar-refractivity contribution in [1.29, 1.82) is 0 Å². The number of aromatic nitrogens is 1. The van der Waals surface area contributed by atoms with Crippen molar-refractivity contribution >= 4 is 11.8 Å². The number of aryl methyl sites for hydroxylation is 1. The summed E-state index contributed by atoms with van der Waals surface area (Å²) >= 11 is 0. The molecule has 0 atom stereocenters. The van der Waals surface area contributed by atoms with Crippen LogP contribution in [0.25, 0.3) is 11.3 Å². The van der Waals surface area contributed by atoms with E-state index >= 15 is 0 Å². The second kappa shape index (κ2) is 8.92. The average molecular weight is 392 g/mol. The van der Waals surface area contributed by atoms with Crippen LogP contribution in [0.4, 0.5) is 8.78 Å². The fourth-order valence-electron chi connectivity index (χ4n) is 3.22. The van der Waals surface area contributed by atoms with Crippen LogP contribution in [0.1, 0.15) is 25.2 Å². The van der Waals surface area contributed by atoms with E-state index in [1.807, 2.05) is 4.90 Å². The molecule has 9 heteroatoms. The minimum Gasteiger partial charge on any atom is -0.441 e. The Kier molecular flexibility index (Phi) is 6.35. The zero-order chi connectivity index (χ0) is 20.1. The molecule has 0 aliphatic carbocycles. The number of carbonyl (C=O) groups excluding carboxylic acids is 2. The van der Waals surface area contributed by atoms with Gasteiger partial charge in [0.05, 0.1) is 18.3 Å². The fraction of sp³-hybridized carbons (Fsp3) is 0.421. The Labute approximate surface area is 160 Å². The van der Waals surface area contributed by atoms with Crippen molar-refractivity contribution in [2.24, 2.45) is 5.73 Å². The van der Waals surface area contributed by atoms with E-state index in [-0.39, 0.29) is 48.6 Å². The first-order valence-electron chi connectivity index (χ1n) is 9.11. The monoisotopic (exact) mass is 392 g/mol. The number of rotatable bonds is 7. The first-order chi connectivity index (χ1) is 13.4. The van der Waals surface area contributed by atoms with Crippen molar-refractivity contribution < 1.29 is 22.8 Å². The molecule has 0 saturated carbocycles. The highest BCUT2D eigenvalue weighted by Gasteiger charge is 2.21. The summed E-state index contributed by atoms with van der Waals surface area (Å²) in [4.78, 5) is 29.1. The van der Waals surface area contributed by atoms with Gasteiger partial charge in [0, 0.05) is 38.0 Å². The number of amides is 2. The molecule has 2 heterocycles. The van der Waals surface area contributed by atoms with Crippen molar-refractivity contribution in [2.45, 2.75) is 31.7 Å². The molecule has 3 N–H and O–H groups in total. The Bertz CT molecular complexity index is 847. The number of carbonyl (C=O) groups is 2. The largest absolute Gasteiger partial charge is 0.441 e. The van der Waals surface area contributed by atoms with Crippen LogP contribution in [0.5, 0.6) is 0 Å². The van der Waals surface area contributed by atoms with E-state index in [9.17, 15) is 18.4 Å². The lowest BCUT2D eigenvalue weighted by atomic mass is 10.0. The summed E-state index contributed by atoms with van der Waals surface area (Å²) in [6, 6.07) is 3.26. The van der Waals surface area contributed by atoms with Gasteiger partial charge in [-0.1, -0.05) is 0 Å².